The van der Waals surface area contributed by atoms with Gasteiger partial charge in [0.1, 0.15) is 6.04 Å². The summed E-state index contributed by atoms with van der Waals surface area (Å²) >= 11 is 7.05. The van der Waals surface area contributed by atoms with Crippen molar-refractivity contribution in [2.45, 2.75) is 50.4 Å². The van der Waals surface area contributed by atoms with Gasteiger partial charge in [-0.05, 0) is 50.5 Å². The molecule has 3 rings (SSSR count). The van der Waals surface area contributed by atoms with Crippen molar-refractivity contribution in [2.24, 2.45) is 0 Å². The van der Waals surface area contributed by atoms with Gasteiger partial charge in [0.15, 0.2) is 0 Å². The Labute approximate surface area is 172 Å². The maximum absolute atomic E-state index is 12.8. The molecule has 1 aliphatic rings. The molecule has 0 bridgehead atoms. The highest BCUT2D eigenvalue weighted by molar-refractivity contribution is 7.99. The Hall–Kier alpha value is -2.06. The number of amides is 1. The molecule has 1 aliphatic carbocycles. The fraction of sp³-hybridized carbons (Fsp3) is 0.474. The highest BCUT2D eigenvalue weighted by atomic mass is 35.5. The van der Waals surface area contributed by atoms with Gasteiger partial charge in [0.2, 0.25) is 11.8 Å². The van der Waals surface area contributed by atoms with E-state index in [1.807, 2.05) is 6.92 Å². The molecule has 0 spiro atoms. The summed E-state index contributed by atoms with van der Waals surface area (Å²) in [5.41, 5.74) is 0.753. The molecule has 1 aromatic heterocycles. The monoisotopic (exact) mass is 423 g/mol. The molecule has 28 heavy (non-hydrogen) atoms. The minimum absolute atomic E-state index is 0.106. The molecule has 0 unspecified atom stereocenters. The normalized spacial score (nSPS) is 14.5. The smallest absolute Gasteiger partial charge is 0.328 e. The second kappa shape index (κ2) is 9.43. The molecule has 7 nitrogen and oxygen atoms in total. The van der Waals surface area contributed by atoms with Gasteiger partial charge in [-0.2, -0.15) is 0 Å². The zero-order valence-corrected chi connectivity index (χ0v) is 17.3. The SMILES string of the molecule is CCOC(=O)[C@@H](CC)N(C(=O)CSc1nnc(-c2ccc(Cl)cc2)o1)C1CC1. The number of thioether (sulfide) groups is 1. The van der Waals surface area contributed by atoms with Crippen LogP contribution in [0.1, 0.15) is 33.1 Å². The molecule has 1 atom stereocenters. The summed E-state index contributed by atoms with van der Waals surface area (Å²) in [6.45, 7) is 3.94. The van der Waals surface area contributed by atoms with Crippen LogP contribution in [0, 0.1) is 0 Å². The summed E-state index contributed by atoms with van der Waals surface area (Å²) in [4.78, 5) is 26.7. The number of aromatic nitrogens is 2. The highest BCUT2D eigenvalue weighted by Crippen LogP contribution is 2.31. The number of carbonyl (C=O) groups is 2. The van der Waals surface area contributed by atoms with E-state index in [0.29, 0.717) is 29.2 Å². The maximum Gasteiger partial charge on any atom is 0.328 e. The first kappa shape index (κ1) is 20.7. The summed E-state index contributed by atoms with van der Waals surface area (Å²) in [7, 11) is 0. The van der Waals surface area contributed by atoms with E-state index in [9.17, 15) is 9.59 Å². The lowest BCUT2D eigenvalue weighted by Gasteiger charge is -2.29. The number of esters is 1. The molecule has 1 fully saturated rings. The molecule has 0 N–H and O–H groups in total. The number of carbonyl (C=O) groups excluding carboxylic acids is 2. The second-order valence-electron chi connectivity index (χ2n) is 6.38. The van der Waals surface area contributed by atoms with Crippen LogP contribution >= 0.6 is 23.4 Å². The third-order valence-electron chi connectivity index (χ3n) is 4.33. The summed E-state index contributed by atoms with van der Waals surface area (Å²) < 4.78 is 10.8. The van der Waals surface area contributed by atoms with Crippen molar-refractivity contribution in [3.05, 3.63) is 29.3 Å². The van der Waals surface area contributed by atoms with Gasteiger partial charge in [-0.3, -0.25) is 4.79 Å². The van der Waals surface area contributed by atoms with Gasteiger partial charge in [-0.1, -0.05) is 30.3 Å². The number of benzene rings is 1. The van der Waals surface area contributed by atoms with Crippen LogP contribution in [0.2, 0.25) is 5.02 Å². The second-order valence-corrected chi connectivity index (χ2v) is 7.74. The summed E-state index contributed by atoms with van der Waals surface area (Å²) in [6.07, 6.45) is 2.34. The number of nitrogens with zero attached hydrogens (tertiary/aromatic N) is 3. The third kappa shape index (κ3) is 5.05. The van der Waals surface area contributed by atoms with E-state index in [2.05, 4.69) is 10.2 Å². The molecule has 1 saturated carbocycles. The van der Waals surface area contributed by atoms with Crippen LogP contribution in [0.4, 0.5) is 0 Å². The molecule has 1 amide bonds. The topological polar surface area (TPSA) is 85.5 Å². The first-order valence-electron chi connectivity index (χ1n) is 9.23. The van der Waals surface area contributed by atoms with E-state index < -0.39 is 6.04 Å². The third-order valence-corrected chi connectivity index (χ3v) is 5.38. The molecule has 0 aliphatic heterocycles. The molecule has 0 saturated heterocycles. The fourth-order valence-electron chi connectivity index (χ4n) is 2.88. The van der Waals surface area contributed by atoms with Crippen molar-refractivity contribution in [3.8, 4) is 11.5 Å². The van der Waals surface area contributed by atoms with Crippen LogP contribution in [-0.2, 0) is 14.3 Å². The average molecular weight is 424 g/mol. The summed E-state index contributed by atoms with van der Waals surface area (Å²) in [5.74, 6) is 0.00890. The Morgan fingerprint density at radius 3 is 2.61 bits per heavy atom. The van der Waals surface area contributed by atoms with Crippen molar-refractivity contribution in [2.75, 3.05) is 12.4 Å². The minimum Gasteiger partial charge on any atom is -0.464 e. The van der Waals surface area contributed by atoms with Crippen molar-refractivity contribution in [1.29, 1.82) is 0 Å². The molecule has 1 aromatic carbocycles. The van der Waals surface area contributed by atoms with Crippen LogP contribution in [0.25, 0.3) is 11.5 Å². The van der Waals surface area contributed by atoms with Gasteiger partial charge in [0, 0.05) is 16.6 Å². The maximum atomic E-state index is 12.8. The number of halogens is 1. The van der Waals surface area contributed by atoms with Crippen LogP contribution in [0.15, 0.2) is 33.9 Å². The van der Waals surface area contributed by atoms with Crippen LogP contribution in [0.3, 0.4) is 0 Å². The quantitative estimate of drug-likeness (QED) is 0.447. The summed E-state index contributed by atoms with van der Waals surface area (Å²) in [6, 6.07) is 6.61. The number of ether oxygens (including phenoxy) is 1. The minimum atomic E-state index is -0.548. The Balaban J connectivity index is 1.63. The van der Waals surface area contributed by atoms with E-state index in [4.69, 9.17) is 20.8 Å². The number of rotatable bonds is 9. The molecular weight excluding hydrogens is 402 g/mol. The van der Waals surface area contributed by atoms with Crippen molar-refractivity contribution in [3.63, 3.8) is 0 Å². The van der Waals surface area contributed by atoms with E-state index in [1.165, 1.54) is 0 Å². The fourth-order valence-corrected chi connectivity index (χ4v) is 3.63. The van der Waals surface area contributed by atoms with Crippen molar-refractivity contribution in [1.82, 2.24) is 15.1 Å². The molecule has 1 heterocycles. The predicted octanol–water partition coefficient (Wildman–Crippen LogP) is 3.81. The Morgan fingerprint density at radius 2 is 2.00 bits per heavy atom. The lowest BCUT2D eigenvalue weighted by atomic mass is 10.2. The lowest BCUT2D eigenvalue weighted by Crippen LogP contribution is -2.47. The van der Waals surface area contributed by atoms with Crippen LogP contribution in [0.5, 0.6) is 0 Å². The molecule has 9 heteroatoms. The zero-order valence-electron chi connectivity index (χ0n) is 15.8. The first-order valence-corrected chi connectivity index (χ1v) is 10.6. The zero-order chi connectivity index (χ0) is 20.1. The Kier molecular flexibility index (Phi) is 6.96. The van der Waals surface area contributed by atoms with E-state index in [0.717, 1.165) is 30.2 Å². The Bertz CT molecular complexity index is 823. The van der Waals surface area contributed by atoms with Crippen LogP contribution in [-0.4, -0.2) is 51.4 Å². The average Bonchev–Trinajstić information content (AvgIpc) is 3.41. The van der Waals surface area contributed by atoms with Gasteiger partial charge in [0.25, 0.3) is 5.22 Å². The van der Waals surface area contributed by atoms with Gasteiger partial charge < -0.3 is 14.1 Å². The molecule has 150 valence electrons. The van der Waals surface area contributed by atoms with E-state index in [1.54, 1.807) is 36.1 Å². The number of hydrogen-bond donors (Lipinski definition) is 0. The molecule has 2 aromatic rings. The van der Waals surface area contributed by atoms with Gasteiger partial charge >= 0.3 is 5.97 Å². The standard InChI is InChI=1S/C19H22ClN3O4S/c1-3-15(18(25)26-4-2)23(14-9-10-14)16(24)11-28-19-22-21-17(27-19)12-5-7-13(20)8-6-12/h5-8,14-15H,3-4,9-11H2,1-2H3/t15-/m1/s1. The van der Waals surface area contributed by atoms with Gasteiger partial charge in [-0.25, -0.2) is 4.79 Å². The predicted molar refractivity (Wildman–Crippen MR) is 106 cm³/mol. The van der Waals surface area contributed by atoms with E-state index in [-0.39, 0.29) is 23.7 Å². The first-order chi connectivity index (χ1) is 13.5. The van der Waals surface area contributed by atoms with E-state index >= 15 is 0 Å². The number of hydrogen-bond acceptors (Lipinski definition) is 7. The van der Waals surface area contributed by atoms with Gasteiger partial charge in [0.05, 0.1) is 12.4 Å². The van der Waals surface area contributed by atoms with Crippen molar-refractivity contribution >= 4 is 35.2 Å². The lowest BCUT2D eigenvalue weighted by molar-refractivity contribution is -0.154. The summed E-state index contributed by atoms with van der Waals surface area (Å²) in [5, 5.41) is 8.92. The molecule has 0 radical (unpaired) electrons. The van der Waals surface area contributed by atoms with Crippen LogP contribution < -0.4 is 0 Å². The highest BCUT2D eigenvalue weighted by Gasteiger charge is 2.40. The van der Waals surface area contributed by atoms with Gasteiger partial charge in [-0.15, -0.1) is 10.2 Å². The van der Waals surface area contributed by atoms with Crippen molar-refractivity contribution < 1.29 is 18.7 Å². The Morgan fingerprint density at radius 1 is 1.29 bits per heavy atom. The molecular formula is C19H22ClN3O4S. The largest absolute Gasteiger partial charge is 0.464 e.